The predicted molar refractivity (Wildman–Crippen MR) is 146 cm³/mol. The topological polar surface area (TPSA) is 79.6 Å². The smallest absolute Gasteiger partial charge is 0.337 e. The molecule has 7 nitrogen and oxygen atoms in total. The van der Waals surface area contributed by atoms with Gasteiger partial charge in [0.05, 0.1) is 36.1 Å². The number of carboxylic acid groups (broad SMARTS) is 1. The number of pyridine rings is 1. The highest BCUT2D eigenvalue weighted by Gasteiger charge is 2.41. The van der Waals surface area contributed by atoms with Crippen LogP contribution in [0.4, 0.5) is 0 Å². The van der Waals surface area contributed by atoms with Crippen LogP contribution in [0.2, 0.25) is 0 Å². The van der Waals surface area contributed by atoms with Gasteiger partial charge in [-0.1, -0.05) is 30.3 Å². The first-order chi connectivity index (χ1) is 17.9. The normalized spacial score (nSPS) is 17.1. The zero-order valence-electron chi connectivity index (χ0n) is 20.9. The van der Waals surface area contributed by atoms with E-state index in [2.05, 4.69) is 21.3 Å². The van der Waals surface area contributed by atoms with Crippen molar-refractivity contribution in [3.63, 3.8) is 0 Å². The summed E-state index contributed by atoms with van der Waals surface area (Å²) in [4.78, 5) is 18.8. The number of nitrogens with one attached hydrogen (secondary N) is 1. The highest BCUT2D eigenvalue weighted by molar-refractivity contribution is 7.80. The first-order valence-electron chi connectivity index (χ1n) is 12.0. The number of aromatic carboxylic acids is 1. The number of hydrogen-bond acceptors (Lipinski definition) is 4. The SMILES string of the molecule is COc1ccc(CN2C(=S)N[C@H](c3ccccn3)[C@@H]2c2cc(C)n(-c3ccccc3C(=O)O)c2C)cc1. The molecule has 2 atom stereocenters. The molecule has 0 bridgehead atoms. The summed E-state index contributed by atoms with van der Waals surface area (Å²) >= 11 is 5.85. The Hall–Kier alpha value is -4.17. The van der Waals surface area contributed by atoms with E-state index in [1.807, 2.05) is 73.0 Å². The van der Waals surface area contributed by atoms with E-state index in [4.69, 9.17) is 17.0 Å². The number of para-hydroxylation sites is 1. The third-order valence-electron chi connectivity index (χ3n) is 6.87. The lowest BCUT2D eigenvalue weighted by Gasteiger charge is -2.28. The van der Waals surface area contributed by atoms with Gasteiger partial charge in [-0.3, -0.25) is 4.98 Å². The lowest BCUT2D eigenvalue weighted by molar-refractivity contribution is 0.0697. The first-order valence-corrected chi connectivity index (χ1v) is 12.4. The van der Waals surface area contributed by atoms with Crippen molar-refractivity contribution in [2.24, 2.45) is 0 Å². The summed E-state index contributed by atoms with van der Waals surface area (Å²) in [5.41, 5.74) is 5.86. The Kier molecular flexibility index (Phi) is 6.67. The molecule has 8 heteroatoms. The minimum Gasteiger partial charge on any atom is -0.497 e. The molecule has 2 aromatic carbocycles. The number of ether oxygens (including phenoxy) is 1. The second-order valence-corrected chi connectivity index (χ2v) is 9.47. The molecule has 0 saturated carbocycles. The second kappa shape index (κ2) is 10.1. The molecule has 2 aromatic heterocycles. The quantitative estimate of drug-likeness (QED) is 0.322. The van der Waals surface area contributed by atoms with Gasteiger partial charge in [0, 0.05) is 24.1 Å². The molecule has 2 N–H and O–H groups in total. The van der Waals surface area contributed by atoms with E-state index in [0.29, 0.717) is 17.3 Å². The minimum absolute atomic E-state index is 0.151. The number of methoxy groups -OCH3 is 1. The van der Waals surface area contributed by atoms with Crippen molar-refractivity contribution < 1.29 is 14.6 Å². The number of aromatic nitrogens is 2. The molecule has 1 aliphatic rings. The molecule has 0 unspecified atom stereocenters. The average Bonchev–Trinajstić information content (AvgIpc) is 3.39. The van der Waals surface area contributed by atoms with Gasteiger partial charge in [-0.25, -0.2) is 4.79 Å². The van der Waals surface area contributed by atoms with Crippen molar-refractivity contribution >= 4 is 23.3 Å². The Morgan fingerprint density at radius 3 is 2.49 bits per heavy atom. The maximum absolute atomic E-state index is 12.0. The van der Waals surface area contributed by atoms with Crippen LogP contribution in [-0.2, 0) is 6.54 Å². The Bertz CT molecular complexity index is 1450. The highest BCUT2D eigenvalue weighted by atomic mass is 32.1. The fourth-order valence-electron chi connectivity index (χ4n) is 5.15. The molecule has 0 spiro atoms. The fourth-order valence-corrected chi connectivity index (χ4v) is 5.45. The summed E-state index contributed by atoms with van der Waals surface area (Å²) < 4.78 is 7.34. The van der Waals surface area contributed by atoms with Gasteiger partial charge in [0.15, 0.2) is 5.11 Å². The van der Waals surface area contributed by atoms with Gasteiger partial charge in [-0.15, -0.1) is 0 Å². The molecule has 188 valence electrons. The van der Waals surface area contributed by atoms with E-state index in [1.165, 1.54) is 0 Å². The lowest BCUT2D eigenvalue weighted by atomic mass is 9.96. The number of nitrogens with zero attached hydrogens (tertiary/aromatic N) is 3. The number of carbonyl (C=O) groups is 1. The monoisotopic (exact) mass is 512 g/mol. The Morgan fingerprint density at radius 1 is 1.08 bits per heavy atom. The van der Waals surface area contributed by atoms with Crippen molar-refractivity contribution in [3.8, 4) is 11.4 Å². The minimum atomic E-state index is -0.958. The molecule has 0 radical (unpaired) electrons. The van der Waals surface area contributed by atoms with Gasteiger partial charge in [-0.05, 0) is 79.7 Å². The number of benzene rings is 2. The summed E-state index contributed by atoms with van der Waals surface area (Å²) in [6, 6.07) is 22.7. The maximum Gasteiger partial charge on any atom is 0.337 e. The molecule has 3 heterocycles. The number of hydrogen-bond donors (Lipinski definition) is 2. The van der Waals surface area contributed by atoms with Crippen molar-refractivity contribution in [2.45, 2.75) is 32.5 Å². The molecule has 1 saturated heterocycles. The standard InChI is InChI=1S/C29H28N4O3S/c1-18-16-23(19(2)33(18)25-10-5-4-8-22(25)28(34)35)27-26(24-9-6-7-15-30-24)31-29(37)32(27)17-20-11-13-21(36-3)14-12-20/h4-16,26-27H,17H2,1-3H3,(H,31,37)(H,34,35)/t26-,27+/m1/s1. The largest absolute Gasteiger partial charge is 0.497 e. The summed E-state index contributed by atoms with van der Waals surface area (Å²) in [5.74, 6) is -0.157. The number of carboxylic acids is 1. The molecule has 4 aromatic rings. The third-order valence-corrected chi connectivity index (χ3v) is 7.23. The van der Waals surface area contributed by atoms with E-state index in [-0.39, 0.29) is 17.6 Å². The van der Waals surface area contributed by atoms with E-state index in [9.17, 15) is 9.90 Å². The Morgan fingerprint density at radius 2 is 1.81 bits per heavy atom. The molecular formula is C29H28N4O3S. The van der Waals surface area contributed by atoms with Crippen LogP contribution < -0.4 is 10.1 Å². The maximum atomic E-state index is 12.0. The molecule has 1 aliphatic heterocycles. The predicted octanol–water partition coefficient (Wildman–Crippen LogP) is 5.37. The highest BCUT2D eigenvalue weighted by Crippen LogP contribution is 2.42. The van der Waals surface area contributed by atoms with Crippen molar-refractivity contribution in [1.29, 1.82) is 0 Å². The van der Waals surface area contributed by atoms with E-state index < -0.39 is 5.97 Å². The average molecular weight is 513 g/mol. The summed E-state index contributed by atoms with van der Waals surface area (Å²) in [7, 11) is 1.65. The molecule has 1 fully saturated rings. The van der Waals surface area contributed by atoms with Crippen LogP contribution in [0.25, 0.3) is 5.69 Å². The van der Waals surface area contributed by atoms with Crippen LogP contribution in [0.15, 0.2) is 79.0 Å². The fraction of sp³-hybridized carbons (Fsp3) is 0.207. The van der Waals surface area contributed by atoms with Crippen LogP contribution >= 0.6 is 12.2 Å². The zero-order chi connectivity index (χ0) is 26.1. The van der Waals surface area contributed by atoms with E-state index >= 15 is 0 Å². The van der Waals surface area contributed by atoms with E-state index in [0.717, 1.165) is 34.0 Å². The molecule has 5 rings (SSSR count). The van der Waals surface area contributed by atoms with Crippen LogP contribution in [-0.4, -0.2) is 37.7 Å². The number of thiocarbonyl (C=S) groups is 1. The Balaban J connectivity index is 1.62. The summed E-state index contributed by atoms with van der Waals surface area (Å²) in [6.07, 6.45) is 1.79. The first kappa shape index (κ1) is 24.5. The van der Waals surface area contributed by atoms with Crippen molar-refractivity contribution in [2.75, 3.05) is 7.11 Å². The molecular weight excluding hydrogens is 484 g/mol. The molecule has 0 amide bonds. The van der Waals surface area contributed by atoms with Crippen LogP contribution in [0.1, 0.15) is 50.7 Å². The zero-order valence-corrected chi connectivity index (χ0v) is 21.7. The van der Waals surface area contributed by atoms with E-state index in [1.54, 1.807) is 25.4 Å². The van der Waals surface area contributed by atoms with Gasteiger partial charge in [-0.2, -0.15) is 0 Å². The van der Waals surface area contributed by atoms with Crippen molar-refractivity contribution in [1.82, 2.24) is 19.8 Å². The second-order valence-electron chi connectivity index (χ2n) is 9.09. The third kappa shape index (κ3) is 4.56. The molecule has 0 aliphatic carbocycles. The number of aryl methyl sites for hydroxylation is 1. The van der Waals surface area contributed by atoms with Crippen molar-refractivity contribution in [3.05, 3.63) is 113 Å². The van der Waals surface area contributed by atoms with Crippen LogP contribution in [0.3, 0.4) is 0 Å². The van der Waals surface area contributed by atoms with Gasteiger partial charge in [0.1, 0.15) is 5.75 Å². The van der Waals surface area contributed by atoms with Gasteiger partial charge < -0.3 is 24.6 Å². The summed E-state index contributed by atoms with van der Waals surface area (Å²) in [5, 5.41) is 14.0. The lowest BCUT2D eigenvalue weighted by Crippen LogP contribution is -2.29. The van der Waals surface area contributed by atoms with Gasteiger partial charge in [0.25, 0.3) is 0 Å². The van der Waals surface area contributed by atoms with Gasteiger partial charge >= 0.3 is 5.97 Å². The summed E-state index contributed by atoms with van der Waals surface area (Å²) in [6.45, 7) is 4.63. The van der Waals surface area contributed by atoms with Crippen LogP contribution in [0.5, 0.6) is 5.75 Å². The molecule has 37 heavy (non-hydrogen) atoms. The van der Waals surface area contributed by atoms with Crippen LogP contribution in [0, 0.1) is 13.8 Å². The Labute approximate surface area is 221 Å². The number of rotatable bonds is 7. The van der Waals surface area contributed by atoms with Gasteiger partial charge in [0.2, 0.25) is 0 Å².